The minimum atomic E-state index is 0.347. The largest absolute Gasteiger partial charge is 0.465 e. The maximum atomic E-state index is 5.73. The number of aromatic nitrogens is 2. The van der Waals surface area contributed by atoms with Gasteiger partial charge in [0.25, 0.3) is 0 Å². The third kappa shape index (κ3) is 3.24. The number of furan rings is 1. The number of nitrogens with one attached hydrogen (secondary N) is 1. The van der Waals surface area contributed by atoms with Crippen molar-refractivity contribution in [3.63, 3.8) is 0 Å². The Morgan fingerprint density at radius 3 is 3.00 bits per heavy atom. The molecule has 1 fully saturated rings. The SMILES string of the molecule is CNc1nccc([C@@H]2CCCCN2Cc2ccc(C)o2)n1. The number of nitrogens with zero attached hydrogens (tertiary/aromatic N) is 3. The molecule has 112 valence electrons. The second-order valence-electron chi connectivity index (χ2n) is 5.55. The van der Waals surface area contributed by atoms with Crippen LogP contribution in [0.2, 0.25) is 0 Å². The van der Waals surface area contributed by atoms with Crippen molar-refractivity contribution in [2.75, 3.05) is 18.9 Å². The van der Waals surface area contributed by atoms with Crippen LogP contribution in [-0.4, -0.2) is 28.5 Å². The van der Waals surface area contributed by atoms with Crippen LogP contribution in [0.25, 0.3) is 0 Å². The van der Waals surface area contributed by atoms with Crippen LogP contribution in [0.4, 0.5) is 5.95 Å². The molecule has 0 unspecified atom stereocenters. The molecule has 1 aliphatic heterocycles. The Kier molecular flexibility index (Phi) is 4.20. The maximum absolute atomic E-state index is 5.73. The van der Waals surface area contributed by atoms with Crippen LogP contribution < -0.4 is 5.32 Å². The van der Waals surface area contributed by atoms with Crippen molar-refractivity contribution in [2.24, 2.45) is 0 Å². The van der Waals surface area contributed by atoms with E-state index in [1.54, 1.807) is 0 Å². The van der Waals surface area contributed by atoms with Gasteiger partial charge in [0.1, 0.15) is 11.5 Å². The van der Waals surface area contributed by atoms with E-state index in [1.165, 1.54) is 12.8 Å². The van der Waals surface area contributed by atoms with Crippen LogP contribution in [0.3, 0.4) is 0 Å². The fourth-order valence-corrected chi connectivity index (χ4v) is 2.96. The molecule has 3 rings (SSSR count). The number of rotatable bonds is 4. The van der Waals surface area contributed by atoms with Crippen LogP contribution >= 0.6 is 0 Å². The Balaban J connectivity index is 1.80. The fourth-order valence-electron chi connectivity index (χ4n) is 2.96. The van der Waals surface area contributed by atoms with Gasteiger partial charge in [0.15, 0.2) is 0 Å². The van der Waals surface area contributed by atoms with Crippen molar-refractivity contribution in [1.82, 2.24) is 14.9 Å². The molecule has 0 aromatic carbocycles. The summed E-state index contributed by atoms with van der Waals surface area (Å²) in [5.41, 5.74) is 1.09. The quantitative estimate of drug-likeness (QED) is 0.935. The van der Waals surface area contributed by atoms with Gasteiger partial charge in [-0.25, -0.2) is 9.97 Å². The lowest BCUT2D eigenvalue weighted by atomic mass is 9.99. The number of aryl methyl sites for hydroxylation is 1. The minimum absolute atomic E-state index is 0.347. The third-order valence-electron chi connectivity index (χ3n) is 4.01. The van der Waals surface area contributed by atoms with E-state index >= 15 is 0 Å². The van der Waals surface area contributed by atoms with Crippen molar-refractivity contribution in [1.29, 1.82) is 0 Å². The predicted molar refractivity (Wildman–Crippen MR) is 82.0 cm³/mol. The van der Waals surface area contributed by atoms with E-state index in [0.717, 1.165) is 36.7 Å². The molecular formula is C16H22N4O. The van der Waals surface area contributed by atoms with Gasteiger partial charge in [-0.15, -0.1) is 0 Å². The molecule has 2 aromatic rings. The summed E-state index contributed by atoms with van der Waals surface area (Å²) in [4.78, 5) is 11.3. The van der Waals surface area contributed by atoms with Crippen molar-refractivity contribution < 1.29 is 4.42 Å². The van der Waals surface area contributed by atoms with E-state index in [4.69, 9.17) is 4.42 Å². The lowest BCUT2D eigenvalue weighted by molar-refractivity contribution is 0.127. The van der Waals surface area contributed by atoms with Gasteiger partial charge in [0.05, 0.1) is 18.3 Å². The number of hydrogen-bond acceptors (Lipinski definition) is 5. The topological polar surface area (TPSA) is 54.2 Å². The zero-order chi connectivity index (χ0) is 14.7. The summed E-state index contributed by atoms with van der Waals surface area (Å²) in [5.74, 6) is 2.69. The zero-order valence-electron chi connectivity index (χ0n) is 12.7. The first-order chi connectivity index (χ1) is 10.3. The molecule has 5 nitrogen and oxygen atoms in total. The Hall–Kier alpha value is -1.88. The molecule has 0 bridgehead atoms. The Bertz CT molecular complexity index is 595. The molecule has 0 radical (unpaired) electrons. The molecule has 3 heterocycles. The van der Waals surface area contributed by atoms with Gasteiger partial charge in [0, 0.05) is 13.2 Å². The first-order valence-corrected chi connectivity index (χ1v) is 7.56. The van der Waals surface area contributed by atoms with Crippen LogP contribution in [0.5, 0.6) is 0 Å². The van der Waals surface area contributed by atoms with Gasteiger partial charge in [-0.1, -0.05) is 6.42 Å². The lowest BCUT2D eigenvalue weighted by Gasteiger charge is -2.34. The molecule has 1 saturated heterocycles. The summed E-state index contributed by atoms with van der Waals surface area (Å²) in [7, 11) is 1.85. The highest BCUT2D eigenvalue weighted by Gasteiger charge is 2.26. The van der Waals surface area contributed by atoms with Crippen LogP contribution in [0.15, 0.2) is 28.8 Å². The number of piperidine rings is 1. The van der Waals surface area contributed by atoms with Gasteiger partial charge < -0.3 is 9.73 Å². The van der Waals surface area contributed by atoms with E-state index in [2.05, 4.69) is 26.3 Å². The van der Waals surface area contributed by atoms with E-state index in [1.807, 2.05) is 32.3 Å². The van der Waals surface area contributed by atoms with E-state index in [9.17, 15) is 0 Å². The van der Waals surface area contributed by atoms with Gasteiger partial charge in [0.2, 0.25) is 5.95 Å². The summed E-state index contributed by atoms with van der Waals surface area (Å²) in [5, 5.41) is 3.02. The normalized spacial score (nSPS) is 19.6. The first-order valence-electron chi connectivity index (χ1n) is 7.56. The Morgan fingerprint density at radius 2 is 2.24 bits per heavy atom. The summed E-state index contributed by atoms with van der Waals surface area (Å²) in [6.07, 6.45) is 5.45. The molecule has 0 amide bonds. The monoisotopic (exact) mass is 286 g/mol. The molecule has 21 heavy (non-hydrogen) atoms. The smallest absolute Gasteiger partial charge is 0.222 e. The van der Waals surface area contributed by atoms with E-state index in [-0.39, 0.29) is 0 Å². The van der Waals surface area contributed by atoms with Gasteiger partial charge in [-0.2, -0.15) is 0 Å². The zero-order valence-corrected chi connectivity index (χ0v) is 12.7. The van der Waals surface area contributed by atoms with Crippen molar-refractivity contribution in [3.8, 4) is 0 Å². The Morgan fingerprint density at radius 1 is 1.33 bits per heavy atom. The predicted octanol–water partition coefficient (Wildman–Crippen LogP) is 3.15. The van der Waals surface area contributed by atoms with Gasteiger partial charge >= 0.3 is 0 Å². The number of likely N-dealkylation sites (tertiary alicyclic amines) is 1. The second-order valence-corrected chi connectivity index (χ2v) is 5.55. The van der Waals surface area contributed by atoms with Gasteiger partial charge in [-0.3, -0.25) is 4.90 Å². The number of hydrogen-bond donors (Lipinski definition) is 1. The molecule has 2 aromatic heterocycles. The molecule has 0 aliphatic carbocycles. The summed E-state index contributed by atoms with van der Waals surface area (Å²) in [6, 6.07) is 6.47. The van der Waals surface area contributed by atoms with E-state index < -0.39 is 0 Å². The van der Waals surface area contributed by atoms with Crippen molar-refractivity contribution in [2.45, 2.75) is 38.8 Å². The average Bonchev–Trinajstić information content (AvgIpc) is 2.93. The summed E-state index contributed by atoms with van der Waals surface area (Å²) < 4.78 is 5.73. The first kappa shape index (κ1) is 14.1. The molecule has 5 heteroatoms. The van der Waals surface area contributed by atoms with Crippen LogP contribution in [-0.2, 0) is 6.54 Å². The average molecular weight is 286 g/mol. The van der Waals surface area contributed by atoms with Crippen LogP contribution in [0, 0.1) is 6.92 Å². The van der Waals surface area contributed by atoms with Crippen molar-refractivity contribution in [3.05, 3.63) is 41.6 Å². The summed E-state index contributed by atoms with van der Waals surface area (Å²) in [6.45, 7) is 3.92. The minimum Gasteiger partial charge on any atom is -0.465 e. The molecule has 1 atom stereocenters. The highest BCUT2D eigenvalue weighted by molar-refractivity contribution is 5.25. The molecular weight excluding hydrogens is 264 g/mol. The molecule has 1 aliphatic rings. The van der Waals surface area contributed by atoms with Gasteiger partial charge in [-0.05, 0) is 44.5 Å². The lowest BCUT2D eigenvalue weighted by Crippen LogP contribution is -2.33. The van der Waals surface area contributed by atoms with Crippen LogP contribution in [0.1, 0.15) is 42.5 Å². The number of anilines is 1. The third-order valence-corrected chi connectivity index (χ3v) is 4.01. The maximum Gasteiger partial charge on any atom is 0.222 e. The Labute approximate surface area is 125 Å². The highest BCUT2D eigenvalue weighted by Crippen LogP contribution is 2.31. The highest BCUT2D eigenvalue weighted by atomic mass is 16.3. The summed E-state index contributed by atoms with van der Waals surface area (Å²) >= 11 is 0. The molecule has 1 N–H and O–H groups in total. The van der Waals surface area contributed by atoms with E-state index in [0.29, 0.717) is 12.0 Å². The second kappa shape index (κ2) is 6.26. The van der Waals surface area contributed by atoms with Crippen molar-refractivity contribution >= 4 is 5.95 Å². The fraction of sp³-hybridized carbons (Fsp3) is 0.500. The molecule has 0 saturated carbocycles. The standard InChI is InChI=1S/C16H22N4O/c1-12-6-7-13(21-12)11-20-10-4-3-5-15(20)14-8-9-18-16(17-2)19-14/h6-9,15H,3-5,10-11H2,1-2H3,(H,17,18,19)/t15-/m0/s1. The molecule has 0 spiro atoms.